The van der Waals surface area contributed by atoms with Crippen LogP contribution in [0.2, 0.25) is 0 Å². The summed E-state index contributed by atoms with van der Waals surface area (Å²) in [6.45, 7) is 4.11. The van der Waals surface area contributed by atoms with Crippen LogP contribution in [0.5, 0.6) is 0 Å². The number of nitro groups is 1. The molecule has 1 atom stereocenters. The first-order valence-corrected chi connectivity index (χ1v) is 8.29. The summed E-state index contributed by atoms with van der Waals surface area (Å²) in [5.74, 6) is 0.653. The third kappa shape index (κ3) is 4.20. The minimum atomic E-state index is -0.426. The van der Waals surface area contributed by atoms with E-state index in [1.54, 1.807) is 12.1 Å². The maximum Gasteiger partial charge on any atom is 0.269 e. The van der Waals surface area contributed by atoms with Gasteiger partial charge in [-0.05, 0) is 44.4 Å². The molecule has 1 aromatic carbocycles. The molecule has 0 bridgehead atoms. The van der Waals surface area contributed by atoms with Crippen LogP contribution in [0.15, 0.2) is 29.2 Å². The van der Waals surface area contributed by atoms with Crippen LogP contribution in [0.1, 0.15) is 19.8 Å². The Balaban J connectivity index is 1.89. The summed E-state index contributed by atoms with van der Waals surface area (Å²) in [6, 6.07) is 6.30. The van der Waals surface area contributed by atoms with Crippen molar-refractivity contribution >= 4 is 23.4 Å². The fourth-order valence-corrected chi connectivity index (χ4v) is 3.50. The molecule has 2 rings (SSSR count). The van der Waals surface area contributed by atoms with E-state index < -0.39 is 4.92 Å². The second-order valence-corrected chi connectivity index (χ2v) is 6.93. The number of benzene rings is 1. The summed E-state index contributed by atoms with van der Waals surface area (Å²) < 4.78 is 0. The quantitative estimate of drug-likeness (QED) is 0.510. The van der Waals surface area contributed by atoms with Gasteiger partial charge < -0.3 is 10.6 Å². The van der Waals surface area contributed by atoms with Gasteiger partial charge in [0.2, 0.25) is 5.91 Å². The fourth-order valence-electron chi connectivity index (χ4n) is 2.55. The summed E-state index contributed by atoms with van der Waals surface area (Å²) >= 11 is 1.43. The van der Waals surface area contributed by atoms with Gasteiger partial charge in [-0.3, -0.25) is 14.9 Å². The number of amides is 1. The summed E-state index contributed by atoms with van der Waals surface area (Å²) in [4.78, 5) is 25.4. The molecule has 0 radical (unpaired) electrons. The molecule has 1 aliphatic heterocycles. The first-order valence-electron chi connectivity index (χ1n) is 7.41. The van der Waals surface area contributed by atoms with E-state index in [0.29, 0.717) is 12.5 Å². The van der Waals surface area contributed by atoms with Gasteiger partial charge in [0.05, 0.1) is 10.2 Å². The number of hydrogen-bond donors (Lipinski definition) is 1. The van der Waals surface area contributed by atoms with Gasteiger partial charge in [0.25, 0.3) is 5.69 Å². The molecule has 120 valence electrons. The lowest BCUT2D eigenvalue weighted by Crippen LogP contribution is -2.43. The summed E-state index contributed by atoms with van der Waals surface area (Å²) in [7, 11) is 0. The number of rotatable bonds is 5. The number of piperidine rings is 1. The average Bonchev–Trinajstić information content (AvgIpc) is 2.54. The lowest BCUT2D eigenvalue weighted by atomic mass is 9.97. The Morgan fingerprint density at radius 1 is 1.41 bits per heavy atom. The summed E-state index contributed by atoms with van der Waals surface area (Å²) in [5, 5.41) is 10.4. The van der Waals surface area contributed by atoms with Crippen molar-refractivity contribution in [2.75, 3.05) is 19.6 Å². The zero-order chi connectivity index (χ0) is 16.1. The van der Waals surface area contributed by atoms with E-state index in [0.717, 1.165) is 30.8 Å². The summed E-state index contributed by atoms with van der Waals surface area (Å²) in [5.41, 5.74) is 5.73. The second-order valence-electron chi connectivity index (χ2n) is 5.52. The van der Waals surface area contributed by atoms with E-state index in [-0.39, 0.29) is 16.8 Å². The van der Waals surface area contributed by atoms with Gasteiger partial charge in [-0.2, -0.15) is 0 Å². The van der Waals surface area contributed by atoms with E-state index in [2.05, 4.69) is 0 Å². The van der Waals surface area contributed by atoms with Gasteiger partial charge in [0.15, 0.2) is 0 Å². The number of hydrogen-bond acceptors (Lipinski definition) is 5. The molecule has 7 heteroatoms. The van der Waals surface area contributed by atoms with Crippen molar-refractivity contribution in [3.8, 4) is 0 Å². The molecule has 0 saturated carbocycles. The first-order chi connectivity index (χ1) is 10.5. The van der Waals surface area contributed by atoms with Crippen molar-refractivity contribution < 1.29 is 9.72 Å². The van der Waals surface area contributed by atoms with E-state index >= 15 is 0 Å². The predicted octanol–water partition coefficient (Wildman–Crippen LogP) is 2.27. The van der Waals surface area contributed by atoms with Crippen molar-refractivity contribution in [1.29, 1.82) is 0 Å². The van der Waals surface area contributed by atoms with Crippen molar-refractivity contribution in [3.63, 3.8) is 0 Å². The van der Waals surface area contributed by atoms with Crippen LogP contribution >= 0.6 is 11.8 Å². The maximum atomic E-state index is 12.4. The van der Waals surface area contributed by atoms with Crippen molar-refractivity contribution in [2.45, 2.75) is 29.9 Å². The largest absolute Gasteiger partial charge is 0.342 e. The van der Waals surface area contributed by atoms with Gasteiger partial charge in [-0.1, -0.05) is 0 Å². The Morgan fingerprint density at radius 2 is 2.00 bits per heavy atom. The minimum absolute atomic E-state index is 0.0622. The Hall–Kier alpha value is -1.60. The first kappa shape index (κ1) is 16.8. The van der Waals surface area contributed by atoms with Crippen LogP contribution in [0.25, 0.3) is 0 Å². The molecule has 2 N–H and O–H groups in total. The molecule has 1 amide bonds. The highest BCUT2D eigenvalue weighted by molar-refractivity contribution is 8.00. The number of nitro benzene ring substituents is 1. The molecule has 1 unspecified atom stereocenters. The monoisotopic (exact) mass is 323 g/mol. The molecule has 0 spiro atoms. The molecule has 1 saturated heterocycles. The number of nitrogens with zero attached hydrogens (tertiary/aromatic N) is 2. The van der Waals surface area contributed by atoms with Crippen molar-refractivity contribution in [3.05, 3.63) is 34.4 Å². The number of nitrogens with two attached hydrogens (primary N) is 1. The van der Waals surface area contributed by atoms with E-state index in [9.17, 15) is 14.9 Å². The third-order valence-corrected chi connectivity index (χ3v) is 5.07. The van der Waals surface area contributed by atoms with Crippen LogP contribution in [0, 0.1) is 16.0 Å². The molecule has 1 aliphatic rings. The highest BCUT2D eigenvalue weighted by Gasteiger charge is 2.26. The van der Waals surface area contributed by atoms with Gasteiger partial charge in [-0.15, -0.1) is 11.8 Å². The van der Waals surface area contributed by atoms with E-state index in [1.807, 2.05) is 11.8 Å². The lowest BCUT2D eigenvalue weighted by Gasteiger charge is -2.33. The fraction of sp³-hybridized carbons (Fsp3) is 0.533. The van der Waals surface area contributed by atoms with Crippen LogP contribution in [0.4, 0.5) is 5.69 Å². The Bertz CT molecular complexity index is 527. The molecular formula is C15H21N3O3S. The van der Waals surface area contributed by atoms with Gasteiger partial charge in [-0.25, -0.2) is 0 Å². The Labute approximate surface area is 134 Å². The van der Waals surface area contributed by atoms with Gasteiger partial charge >= 0.3 is 0 Å². The van der Waals surface area contributed by atoms with Crippen molar-refractivity contribution in [1.82, 2.24) is 4.90 Å². The minimum Gasteiger partial charge on any atom is -0.342 e. The van der Waals surface area contributed by atoms with E-state index in [1.165, 1.54) is 23.9 Å². The maximum absolute atomic E-state index is 12.4. The molecule has 22 heavy (non-hydrogen) atoms. The highest BCUT2D eigenvalue weighted by Crippen LogP contribution is 2.27. The third-order valence-electron chi connectivity index (χ3n) is 3.97. The lowest BCUT2D eigenvalue weighted by molar-refractivity contribution is -0.384. The average molecular weight is 323 g/mol. The van der Waals surface area contributed by atoms with Crippen LogP contribution in [0.3, 0.4) is 0 Å². The molecular weight excluding hydrogens is 302 g/mol. The topological polar surface area (TPSA) is 89.5 Å². The Kier molecular flexibility index (Phi) is 5.79. The second kappa shape index (κ2) is 7.60. The van der Waals surface area contributed by atoms with Crippen LogP contribution in [-0.4, -0.2) is 40.6 Å². The smallest absolute Gasteiger partial charge is 0.269 e. The molecule has 1 heterocycles. The van der Waals surface area contributed by atoms with Gasteiger partial charge in [0.1, 0.15) is 0 Å². The van der Waals surface area contributed by atoms with Crippen LogP contribution < -0.4 is 5.73 Å². The van der Waals surface area contributed by atoms with Crippen molar-refractivity contribution in [2.24, 2.45) is 11.7 Å². The van der Waals surface area contributed by atoms with Gasteiger partial charge in [0, 0.05) is 30.1 Å². The number of carbonyl (C=O) groups is 1. The molecule has 0 aromatic heterocycles. The zero-order valence-electron chi connectivity index (χ0n) is 12.6. The molecule has 1 fully saturated rings. The number of carbonyl (C=O) groups excluding carboxylic acids is 1. The molecule has 6 nitrogen and oxygen atoms in total. The summed E-state index contributed by atoms with van der Waals surface area (Å²) in [6.07, 6.45) is 1.94. The molecule has 1 aromatic rings. The predicted molar refractivity (Wildman–Crippen MR) is 86.8 cm³/mol. The normalized spacial score (nSPS) is 17.3. The molecule has 0 aliphatic carbocycles. The van der Waals surface area contributed by atoms with E-state index in [4.69, 9.17) is 5.73 Å². The number of likely N-dealkylation sites (tertiary alicyclic amines) is 1. The zero-order valence-corrected chi connectivity index (χ0v) is 13.4. The highest BCUT2D eigenvalue weighted by atomic mass is 32.2. The standard InChI is InChI=1S/C15H21N3O3S/c1-11(15(19)17-8-6-12(10-16)7-9-17)22-14-4-2-13(3-5-14)18(20)21/h2-5,11-12H,6-10,16H2,1H3. The van der Waals surface area contributed by atoms with Crippen LogP contribution in [-0.2, 0) is 4.79 Å². The Morgan fingerprint density at radius 3 is 2.50 bits per heavy atom. The number of thioether (sulfide) groups is 1. The number of non-ortho nitro benzene ring substituents is 1. The SMILES string of the molecule is CC(Sc1ccc([N+](=O)[O-])cc1)C(=O)N1CCC(CN)CC1.